The number of urea groups is 1. The minimum atomic E-state index is -0.634. The van der Waals surface area contributed by atoms with Gasteiger partial charge in [0.25, 0.3) is 0 Å². The minimum Gasteiger partial charge on any atom is -0.495 e. The molecule has 3 aromatic carbocycles. The van der Waals surface area contributed by atoms with E-state index in [2.05, 4.69) is 10.6 Å². The van der Waals surface area contributed by atoms with Crippen LogP contribution in [0.15, 0.2) is 72.8 Å². The molecule has 1 aliphatic heterocycles. The second kappa shape index (κ2) is 10.8. The lowest BCUT2D eigenvalue weighted by Gasteiger charge is -2.29. The third kappa shape index (κ3) is 5.48. The number of hydrogen-bond donors (Lipinski definition) is 2. The van der Waals surface area contributed by atoms with Crippen LogP contribution in [-0.2, 0) is 11.3 Å². The van der Waals surface area contributed by atoms with Crippen molar-refractivity contribution in [2.45, 2.75) is 24.9 Å². The Labute approximate surface area is 208 Å². The first-order chi connectivity index (χ1) is 16.5. The Kier molecular flexibility index (Phi) is 7.65. The molecule has 1 aliphatic rings. The van der Waals surface area contributed by atoms with Gasteiger partial charge in [0.1, 0.15) is 17.2 Å². The molecule has 8 heteroatoms. The van der Waals surface area contributed by atoms with Crippen molar-refractivity contribution in [3.63, 3.8) is 0 Å². The quantitative estimate of drug-likeness (QED) is 0.465. The van der Waals surface area contributed by atoms with Gasteiger partial charge in [0.2, 0.25) is 5.91 Å². The number of hydrogen-bond acceptors (Lipinski definition) is 4. The summed E-state index contributed by atoms with van der Waals surface area (Å²) in [5.74, 6) is 0.827. The van der Waals surface area contributed by atoms with Gasteiger partial charge < -0.3 is 15.4 Å². The smallest absolute Gasteiger partial charge is 0.323 e. The maximum atomic E-state index is 13.5. The van der Waals surface area contributed by atoms with Crippen molar-refractivity contribution in [3.8, 4) is 5.75 Å². The van der Waals surface area contributed by atoms with Crippen LogP contribution in [0.5, 0.6) is 5.75 Å². The van der Waals surface area contributed by atoms with E-state index in [0.717, 1.165) is 16.7 Å². The lowest BCUT2D eigenvalue weighted by atomic mass is 10.1. The van der Waals surface area contributed by atoms with Crippen molar-refractivity contribution in [2.24, 2.45) is 0 Å². The zero-order valence-electron chi connectivity index (χ0n) is 19.0. The molecule has 2 atom stereocenters. The molecule has 1 fully saturated rings. The van der Waals surface area contributed by atoms with E-state index in [1.165, 1.54) is 0 Å². The van der Waals surface area contributed by atoms with E-state index in [4.69, 9.17) is 16.3 Å². The highest BCUT2D eigenvalue weighted by Crippen LogP contribution is 2.42. The number of para-hydroxylation sites is 2. The number of nitrogens with one attached hydrogen (secondary N) is 2. The fourth-order valence-corrected chi connectivity index (χ4v) is 5.47. The Morgan fingerprint density at radius 1 is 1.09 bits per heavy atom. The molecular weight excluding hydrogens is 470 g/mol. The Morgan fingerprint density at radius 3 is 2.59 bits per heavy atom. The van der Waals surface area contributed by atoms with Gasteiger partial charge in [0, 0.05) is 17.3 Å². The fraction of sp³-hybridized carbons (Fsp3) is 0.231. The van der Waals surface area contributed by atoms with Crippen LogP contribution in [0.2, 0.25) is 5.02 Å². The van der Waals surface area contributed by atoms with Crippen LogP contribution in [0.25, 0.3) is 0 Å². The molecule has 1 saturated heterocycles. The summed E-state index contributed by atoms with van der Waals surface area (Å²) in [6, 6.07) is 21.6. The zero-order chi connectivity index (χ0) is 24.1. The van der Waals surface area contributed by atoms with Crippen molar-refractivity contribution in [1.29, 1.82) is 0 Å². The van der Waals surface area contributed by atoms with Gasteiger partial charge in [0.15, 0.2) is 0 Å². The highest BCUT2D eigenvalue weighted by atomic mass is 35.5. The predicted octanol–water partition coefficient (Wildman–Crippen LogP) is 5.62. The first kappa shape index (κ1) is 24.0. The van der Waals surface area contributed by atoms with Crippen LogP contribution in [0.1, 0.15) is 22.1 Å². The average Bonchev–Trinajstić information content (AvgIpc) is 3.29. The van der Waals surface area contributed by atoms with E-state index >= 15 is 0 Å². The molecule has 6 nitrogen and oxygen atoms in total. The molecule has 0 radical (unpaired) electrons. The number of ether oxygens (including phenoxy) is 1. The van der Waals surface area contributed by atoms with Crippen LogP contribution in [-0.4, -0.2) is 35.7 Å². The SMILES string of the molecule is COc1ccccc1NC(=O)N1C(C(=O)NCc2cccc(Cl)c2)CSC1c1ccc(C)cc1. The largest absolute Gasteiger partial charge is 0.495 e. The Hall–Kier alpha value is -3.16. The Morgan fingerprint density at radius 2 is 1.85 bits per heavy atom. The molecule has 2 unspecified atom stereocenters. The summed E-state index contributed by atoms with van der Waals surface area (Å²) in [5, 5.41) is 6.21. The van der Waals surface area contributed by atoms with Crippen molar-refractivity contribution < 1.29 is 14.3 Å². The number of carbonyl (C=O) groups excluding carboxylic acids is 2. The molecule has 0 bridgehead atoms. The predicted molar refractivity (Wildman–Crippen MR) is 137 cm³/mol. The topological polar surface area (TPSA) is 70.7 Å². The molecule has 176 valence electrons. The van der Waals surface area contributed by atoms with E-state index in [-0.39, 0.29) is 17.3 Å². The molecule has 3 amide bonds. The molecule has 0 aliphatic carbocycles. The number of amides is 3. The fourth-order valence-electron chi connectivity index (χ4n) is 3.83. The van der Waals surface area contributed by atoms with Gasteiger partial charge in [-0.2, -0.15) is 0 Å². The Balaban J connectivity index is 1.57. The van der Waals surface area contributed by atoms with Crippen molar-refractivity contribution in [1.82, 2.24) is 10.2 Å². The summed E-state index contributed by atoms with van der Waals surface area (Å²) in [4.78, 5) is 28.4. The van der Waals surface area contributed by atoms with Gasteiger partial charge >= 0.3 is 6.03 Å². The lowest BCUT2D eigenvalue weighted by molar-refractivity contribution is -0.124. The molecule has 1 heterocycles. The van der Waals surface area contributed by atoms with E-state index in [1.807, 2.05) is 61.5 Å². The monoisotopic (exact) mass is 495 g/mol. The van der Waals surface area contributed by atoms with Crippen molar-refractivity contribution >= 4 is 41.0 Å². The number of nitrogens with zero attached hydrogens (tertiary/aromatic N) is 1. The van der Waals surface area contributed by atoms with Gasteiger partial charge in [-0.05, 0) is 42.3 Å². The summed E-state index contributed by atoms with van der Waals surface area (Å²) in [6.07, 6.45) is 0. The molecule has 0 spiro atoms. The van der Waals surface area contributed by atoms with Gasteiger partial charge in [-0.25, -0.2) is 4.79 Å². The molecule has 4 rings (SSSR count). The number of thioether (sulfide) groups is 1. The number of aryl methyl sites for hydroxylation is 1. The third-order valence-electron chi connectivity index (χ3n) is 5.60. The van der Waals surface area contributed by atoms with E-state index in [1.54, 1.807) is 42.0 Å². The number of carbonyl (C=O) groups is 2. The zero-order valence-corrected chi connectivity index (χ0v) is 20.5. The summed E-state index contributed by atoms with van der Waals surface area (Å²) in [5.41, 5.74) is 3.54. The summed E-state index contributed by atoms with van der Waals surface area (Å²) >= 11 is 7.64. The molecule has 0 saturated carbocycles. The normalized spacial score (nSPS) is 17.3. The molecule has 34 heavy (non-hydrogen) atoms. The van der Waals surface area contributed by atoms with Crippen molar-refractivity contribution in [2.75, 3.05) is 18.2 Å². The van der Waals surface area contributed by atoms with Crippen LogP contribution in [0.4, 0.5) is 10.5 Å². The standard InChI is InChI=1S/C26H26ClN3O3S/c1-17-10-12-19(13-11-17)25-30(26(32)29-21-8-3-4-9-23(21)33-2)22(16-34-25)24(31)28-15-18-6-5-7-20(27)14-18/h3-14,22,25H,15-16H2,1-2H3,(H,28,31)(H,29,32). The van der Waals surface area contributed by atoms with Crippen LogP contribution < -0.4 is 15.4 Å². The van der Waals surface area contributed by atoms with Crippen LogP contribution in [0, 0.1) is 6.92 Å². The molecule has 0 aromatic heterocycles. The van der Waals surface area contributed by atoms with Gasteiger partial charge in [-0.3, -0.25) is 9.69 Å². The number of methoxy groups -OCH3 is 1. The number of halogens is 1. The first-order valence-electron chi connectivity index (χ1n) is 10.9. The number of anilines is 1. The second-order valence-corrected chi connectivity index (χ2v) is 9.55. The van der Waals surface area contributed by atoms with Gasteiger partial charge in [0.05, 0.1) is 12.8 Å². The highest BCUT2D eigenvalue weighted by molar-refractivity contribution is 7.99. The summed E-state index contributed by atoms with van der Waals surface area (Å²) < 4.78 is 5.38. The molecule has 3 aromatic rings. The summed E-state index contributed by atoms with van der Waals surface area (Å²) in [6.45, 7) is 2.35. The molecular formula is C26H26ClN3O3S. The maximum Gasteiger partial charge on any atom is 0.323 e. The minimum absolute atomic E-state index is 0.211. The number of rotatable bonds is 6. The maximum absolute atomic E-state index is 13.5. The number of benzene rings is 3. The second-order valence-electron chi connectivity index (χ2n) is 8.00. The Bertz CT molecular complexity index is 1170. The van der Waals surface area contributed by atoms with E-state index < -0.39 is 6.04 Å². The highest BCUT2D eigenvalue weighted by Gasteiger charge is 2.42. The van der Waals surface area contributed by atoms with Gasteiger partial charge in [-0.15, -0.1) is 11.8 Å². The van der Waals surface area contributed by atoms with E-state index in [0.29, 0.717) is 28.8 Å². The van der Waals surface area contributed by atoms with Crippen molar-refractivity contribution in [3.05, 3.63) is 94.5 Å². The average molecular weight is 496 g/mol. The van der Waals surface area contributed by atoms with Crippen LogP contribution in [0.3, 0.4) is 0 Å². The van der Waals surface area contributed by atoms with E-state index in [9.17, 15) is 9.59 Å². The lowest BCUT2D eigenvalue weighted by Crippen LogP contribution is -2.49. The summed E-state index contributed by atoms with van der Waals surface area (Å²) in [7, 11) is 1.55. The molecule has 2 N–H and O–H groups in total. The first-order valence-corrected chi connectivity index (χ1v) is 12.3. The third-order valence-corrected chi connectivity index (χ3v) is 7.16. The van der Waals surface area contributed by atoms with Crippen LogP contribution >= 0.6 is 23.4 Å². The van der Waals surface area contributed by atoms with Gasteiger partial charge in [-0.1, -0.05) is 65.7 Å².